The van der Waals surface area contributed by atoms with Gasteiger partial charge in [0.2, 0.25) is 0 Å². The molecular formula is C29H34ClNO4. The molecule has 1 heterocycles. The Balaban J connectivity index is 1.48. The number of fused-ring (bicyclic) bond motifs is 3. The molecule has 2 N–H and O–H groups in total. The van der Waals surface area contributed by atoms with Crippen molar-refractivity contribution in [2.75, 3.05) is 24.6 Å². The van der Waals surface area contributed by atoms with E-state index in [1.807, 2.05) is 12.1 Å². The molecule has 35 heavy (non-hydrogen) atoms. The number of aliphatic hydroxyl groups is 1. The van der Waals surface area contributed by atoms with Crippen LogP contribution in [0.1, 0.15) is 60.0 Å². The summed E-state index contributed by atoms with van der Waals surface area (Å²) in [5, 5.41) is 20.8. The van der Waals surface area contributed by atoms with Gasteiger partial charge in [0.05, 0.1) is 24.0 Å². The predicted octanol–water partition coefficient (Wildman–Crippen LogP) is 5.86. The van der Waals surface area contributed by atoms with E-state index in [1.165, 1.54) is 11.1 Å². The zero-order valence-electron chi connectivity index (χ0n) is 20.1. The molecule has 0 radical (unpaired) electrons. The number of aliphatic hydroxyl groups excluding tert-OH is 1. The zero-order chi connectivity index (χ0) is 24.6. The van der Waals surface area contributed by atoms with Crippen molar-refractivity contribution in [2.24, 2.45) is 11.8 Å². The number of carbonyl (C=O) groups is 1. The van der Waals surface area contributed by atoms with Crippen molar-refractivity contribution >= 4 is 23.3 Å². The topological polar surface area (TPSA) is 70.0 Å². The van der Waals surface area contributed by atoms with E-state index in [1.54, 1.807) is 18.2 Å². The fraction of sp³-hybridized carbons (Fsp3) is 0.483. The van der Waals surface area contributed by atoms with Gasteiger partial charge < -0.3 is 19.8 Å². The minimum absolute atomic E-state index is 0.178. The van der Waals surface area contributed by atoms with Crippen molar-refractivity contribution in [1.29, 1.82) is 0 Å². The standard InChI is InChI=1S/C29H34ClNO4/c1-2-4-24(32)14-19-6-7-22(19)16-31-17-29(12-3-5-20-13-23(30)9-10-25(20)29)18-35-27-11-8-21(28(33)34)15-26(27)31/h2,8-11,13,15,19,22,24,32H,1,3-7,12,14,16-18H2,(H,33,34)/t19-,22-,24-,29-/m0/s1. The van der Waals surface area contributed by atoms with E-state index >= 15 is 0 Å². The van der Waals surface area contributed by atoms with Crippen molar-refractivity contribution < 1.29 is 19.7 Å². The fourth-order valence-electron chi connectivity index (χ4n) is 6.36. The maximum Gasteiger partial charge on any atom is 0.335 e. The van der Waals surface area contributed by atoms with Gasteiger partial charge in [-0.1, -0.05) is 23.7 Å². The Morgan fingerprint density at radius 3 is 2.83 bits per heavy atom. The van der Waals surface area contributed by atoms with Gasteiger partial charge in [0.25, 0.3) is 0 Å². The van der Waals surface area contributed by atoms with Gasteiger partial charge in [-0.2, -0.15) is 0 Å². The Morgan fingerprint density at radius 1 is 1.26 bits per heavy atom. The number of benzene rings is 2. The van der Waals surface area contributed by atoms with Crippen LogP contribution < -0.4 is 9.64 Å². The van der Waals surface area contributed by atoms with E-state index in [-0.39, 0.29) is 17.1 Å². The molecule has 5 nitrogen and oxygen atoms in total. The van der Waals surface area contributed by atoms with E-state index in [4.69, 9.17) is 16.3 Å². The molecule has 186 valence electrons. The quantitative estimate of drug-likeness (QED) is 0.470. The maximum atomic E-state index is 11.8. The molecule has 0 bridgehead atoms. The van der Waals surface area contributed by atoms with Gasteiger partial charge >= 0.3 is 5.97 Å². The zero-order valence-corrected chi connectivity index (χ0v) is 20.8. The monoisotopic (exact) mass is 495 g/mol. The normalized spacial score (nSPS) is 26.1. The Kier molecular flexibility index (Phi) is 6.82. The highest BCUT2D eigenvalue weighted by atomic mass is 35.5. The first-order valence-electron chi connectivity index (χ1n) is 12.7. The summed E-state index contributed by atoms with van der Waals surface area (Å²) < 4.78 is 6.43. The van der Waals surface area contributed by atoms with Gasteiger partial charge in [0.1, 0.15) is 5.75 Å². The molecule has 1 saturated carbocycles. The van der Waals surface area contributed by atoms with Crippen LogP contribution in [0.3, 0.4) is 0 Å². The number of ether oxygens (including phenoxy) is 1. The van der Waals surface area contributed by atoms with Crippen LogP contribution in [0.2, 0.25) is 5.02 Å². The second-order valence-electron chi connectivity index (χ2n) is 10.6. The highest BCUT2D eigenvalue weighted by Gasteiger charge is 2.43. The summed E-state index contributed by atoms with van der Waals surface area (Å²) in [6, 6.07) is 11.4. The summed E-state index contributed by atoms with van der Waals surface area (Å²) in [7, 11) is 0. The third kappa shape index (κ3) is 4.81. The van der Waals surface area contributed by atoms with Crippen molar-refractivity contribution in [3.05, 3.63) is 70.8 Å². The number of halogens is 1. The molecule has 0 amide bonds. The number of aromatic carboxylic acids is 1. The number of carboxylic acid groups (broad SMARTS) is 1. The SMILES string of the molecule is C=CC[C@H](O)C[C@@H]1CC[C@H]1CN1C[C@@]2(CCCc3cc(Cl)ccc32)COc2ccc(C(=O)O)cc21. The van der Waals surface area contributed by atoms with Gasteiger partial charge in [-0.25, -0.2) is 4.79 Å². The molecule has 0 unspecified atom stereocenters. The van der Waals surface area contributed by atoms with E-state index in [9.17, 15) is 15.0 Å². The summed E-state index contributed by atoms with van der Waals surface area (Å²) in [5.41, 5.74) is 3.55. The molecule has 6 heteroatoms. The van der Waals surface area contributed by atoms with Crippen molar-refractivity contribution in [3.8, 4) is 5.75 Å². The Labute approximate surface area is 212 Å². The molecule has 3 aliphatic rings. The summed E-state index contributed by atoms with van der Waals surface area (Å²) in [6.45, 7) is 5.92. The number of hydrogen-bond acceptors (Lipinski definition) is 4. The molecule has 0 saturated heterocycles. The minimum atomic E-state index is -0.932. The first-order valence-corrected chi connectivity index (χ1v) is 13.1. The number of nitrogens with zero attached hydrogens (tertiary/aromatic N) is 1. The molecule has 0 aromatic heterocycles. The maximum absolute atomic E-state index is 11.8. The predicted molar refractivity (Wildman–Crippen MR) is 139 cm³/mol. The summed E-state index contributed by atoms with van der Waals surface area (Å²) in [5.74, 6) is 0.738. The van der Waals surface area contributed by atoms with E-state index in [0.717, 1.165) is 68.1 Å². The molecule has 2 aromatic rings. The number of carboxylic acids is 1. The minimum Gasteiger partial charge on any atom is -0.490 e. The Morgan fingerprint density at radius 2 is 2.09 bits per heavy atom. The van der Waals surface area contributed by atoms with Crippen molar-refractivity contribution in [3.63, 3.8) is 0 Å². The summed E-state index contributed by atoms with van der Waals surface area (Å²) in [6.07, 6.45) is 8.19. The van der Waals surface area contributed by atoms with Crippen LogP contribution >= 0.6 is 11.6 Å². The number of rotatable bonds is 7. The highest BCUT2D eigenvalue weighted by Crippen LogP contribution is 2.46. The van der Waals surface area contributed by atoms with Crippen LogP contribution in [0.4, 0.5) is 5.69 Å². The Bertz CT molecular complexity index is 1120. The van der Waals surface area contributed by atoms with Gasteiger partial charge in [-0.15, -0.1) is 6.58 Å². The lowest BCUT2D eigenvalue weighted by Gasteiger charge is -2.45. The van der Waals surface area contributed by atoms with Crippen molar-refractivity contribution in [2.45, 2.75) is 56.5 Å². The molecular weight excluding hydrogens is 462 g/mol. The lowest BCUT2D eigenvalue weighted by Crippen LogP contribution is -2.48. The highest BCUT2D eigenvalue weighted by molar-refractivity contribution is 6.30. The van der Waals surface area contributed by atoms with Crippen LogP contribution in [0.25, 0.3) is 0 Å². The number of aryl methyl sites for hydroxylation is 1. The molecule has 1 spiro atoms. The average Bonchev–Trinajstić information content (AvgIpc) is 2.97. The molecule has 4 atom stereocenters. The van der Waals surface area contributed by atoms with E-state index in [2.05, 4.69) is 23.6 Å². The summed E-state index contributed by atoms with van der Waals surface area (Å²) >= 11 is 6.34. The van der Waals surface area contributed by atoms with Crippen LogP contribution in [0.15, 0.2) is 49.1 Å². The van der Waals surface area contributed by atoms with Crippen LogP contribution in [-0.2, 0) is 11.8 Å². The smallest absolute Gasteiger partial charge is 0.335 e. The summed E-state index contributed by atoms with van der Waals surface area (Å²) in [4.78, 5) is 14.2. The van der Waals surface area contributed by atoms with Crippen molar-refractivity contribution in [1.82, 2.24) is 0 Å². The first kappa shape index (κ1) is 24.2. The third-order valence-corrected chi connectivity index (χ3v) is 8.56. The lowest BCUT2D eigenvalue weighted by atomic mass is 9.68. The second-order valence-corrected chi connectivity index (χ2v) is 11.0. The lowest BCUT2D eigenvalue weighted by molar-refractivity contribution is 0.0696. The largest absolute Gasteiger partial charge is 0.490 e. The average molecular weight is 496 g/mol. The van der Waals surface area contributed by atoms with Gasteiger partial charge in [0.15, 0.2) is 0 Å². The Hall–Kier alpha value is -2.50. The van der Waals surface area contributed by atoms with Crippen LogP contribution in [0, 0.1) is 11.8 Å². The van der Waals surface area contributed by atoms with E-state index in [0.29, 0.717) is 24.9 Å². The number of anilines is 1. The molecule has 1 aliphatic heterocycles. The van der Waals surface area contributed by atoms with E-state index < -0.39 is 5.97 Å². The molecule has 1 fully saturated rings. The van der Waals surface area contributed by atoms with Crippen LogP contribution in [-0.4, -0.2) is 42.0 Å². The molecule has 5 rings (SSSR count). The van der Waals surface area contributed by atoms with Gasteiger partial charge in [-0.05, 0) is 98.2 Å². The number of hydrogen-bond donors (Lipinski definition) is 2. The molecule has 2 aromatic carbocycles. The fourth-order valence-corrected chi connectivity index (χ4v) is 6.55. The van der Waals surface area contributed by atoms with Gasteiger partial charge in [0, 0.05) is 23.5 Å². The first-order chi connectivity index (χ1) is 16.9. The van der Waals surface area contributed by atoms with Gasteiger partial charge in [-0.3, -0.25) is 0 Å². The second kappa shape index (κ2) is 9.87. The van der Waals surface area contributed by atoms with Crippen LogP contribution in [0.5, 0.6) is 5.75 Å². The molecule has 2 aliphatic carbocycles. The third-order valence-electron chi connectivity index (χ3n) is 8.33.